The van der Waals surface area contributed by atoms with Crippen LogP contribution in [0.2, 0.25) is 0 Å². The van der Waals surface area contributed by atoms with Crippen molar-refractivity contribution in [3.8, 4) is 17.6 Å². The summed E-state index contributed by atoms with van der Waals surface area (Å²) in [5, 5.41) is 9.81. The molecule has 2 aromatic carbocycles. The predicted octanol–water partition coefficient (Wildman–Crippen LogP) is 3.49. The summed E-state index contributed by atoms with van der Waals surface area (Å²) in [6, 6.07) is 16.3. The fraction of sp³-hybridized carbons (Fsp3) is 0.217. The van der Waals surface area contributed by atoms with Crippen molar-refractivity contribution in [1.29, 1.82) is 5.26 Å². The van der Waals surface area contributed by atoms with Gasteiger partial charge in [0.2, 0.25) is 5.88 Å². The van der Waals surface area contributed by atoms with E-state index in [4.69, 9.17) is 24.7 Å². The summed E-state index contributed by atoms with van der Waals surface area (Å²) in [5.41, 5.74) is 7.67. The standard InChI is InChI=1S/C23H22N2O5/c1-4-29-23(26)20-19(15-10-11-17(27-2)18(12-15)28-3)16(13-24)22(25)30-21(20)14-8-6-5-7-9-14/h5-12,19H,4,25H2,1-3H3/t19-/m0/s1. The summed E-state index contributed by atoms with van der Waals surface area (Å²) < 4.78 is 21.8. The molecule has 0 spiro atoms. The number of nitriles is 1. The van der Waals surface area contributed by atoms with Crippen molar-refractivity contribution in [2.75, 3.05) is 20.8 Å². The molecule has 1 aliphatic rings. The number of rotatable bonds is 6. The van der Waals surface area contributed by atoms with Gasteiger partial charge in [-0.2, -0.15) is 5.26 Å². The molecule has 3 rings (SSSR count). The minimum Gasteiger partial charge on any atom is -0.493 e. The van der Waals surface area contributed by atoms with Crippen molar-refractivity contribution in [2.45, 2.75) is 12.8 Å². The third kappa shape index (κ3) is 3.80. The van der Waals surface area contributed by atoms with Crippen LogP contribution in [0.15, 0.2) is 65.6 Å². The Kier molecular flexibility index (Phi) is 6.28. The van der Waals surface area contributed by atoms with Crippen molar-refractivity contribution in [2.24, 2.45) is 5.73 Å². The summed E-state index contributed by atoms with van der Waals surface area (Å²) in [7, 11) is 3.04. The highest BCUT2D eigenvalue weighted by molar-refractivity contribution is 5.99. The van der Waals surface area contributed by atoms with Crippen LogP contribution >= 0.6 is 0 Å². The van der Waals surface area contributed by atoms with Gasteiger partial charge in [0.1, 0.15) is 17.4 Å². The largest absolute Gasteiger partial charge is 0.493 e. The van der Waals surface area contributed by atoms with E-state index in [2.05, 4.69) is 6.07 Å². The van der Waals surface area contributed by atoms with Gasteiger partial charge in [0, 0.05) is 5.56 Å². The Labute approximate surface area is 174 Å². The fourth-order valence-corrected chi connectivity index (χ4v) is 3.35. The summed E-state index contributed by atoms with van der Waals surface area (Å²) in [6.45, 7) is 1.88. The van der Waals surface area contributed by atoms with Crippen molar-refractivity contribution in [3.63, 3.8) is 0 Å². The van der Waals surface area contributed by atoms with Gasteiger partial charge in [0.05, 0.1) is 32.3 Å². The first-order valence-electron chi connectivity index (χ1n) is 9.31. The topological polar surface area (TPSA) is 104 Å². The third-order valence-electron chi connectivity index (χ3n) is 4.69. The van der Waals surface area contributed by atoms with Gasteiger partial charge in [0.25, 0.3) is 0 Å². The zero-order valence-electron chi connectivity index (χ0n) is 17.0. The Balaban J connectivity index is 2.29. The van der Waals surface area contributed by atoms with Gasteiger partial charge in [0.15, 0.2) is 11.5 Å². The maximum Gasteiger partial charge on any atom is 0.338 e. The van der Waals surface area contributed by atoms with Gasteiger partial charge in [-0.25, -0.2) is 4.79 Å². The molecule has 2 aromatic rings. The lowest BCUT2D eigenvalue weighted by molar-refractivity contribution is -0.138. The lowest BCUT2D eigenvalue weighted by Crippen LogP contribution is -2.26. The van der Waals surface area contributed by atoms with E-state index < -0.39 is 11.9 Å². The molecule has 0 bridgehead atoms. The Morgan fingerprint density at radius 2 is 1.83 bits per heavy atom. The number of allylic oxidation sites excluding steroid dienone is 1. The van der Waals surface area contributed by atoms with Gasteiger partial charge in [-0.1, -0.05) is 36.4 Å². The van der Waals surface area contributed by atoms with Gasteiger partial charge >= 0.3 is 5.97 Å². The smallest absolute Gasteiger partial charge is 0.338 e. The van der Waals surface area contributed by atoms with Crippen molar-refractivity contribution >= 4 is 11.7 Å². The molecule has 7 heteroatoms. The quantitative estimate of drug-likeness (QED) is 0.732. The number of methoxy groups -OCH3 is 2. The highest BCUT2D eigenvalue weighted by Crippen LogP contribution is 2.44. The number of benzene rings is 2. The summed E-state index contributed by atoms with van der Waals surface area (Å²) >= 11 is 0. The van der Waals surface area contributed by atoms with E-state index in [-0.39, 0.29) is 29.4 Å². The minimum atomic E-state index is -0.794. The first-order chi connectivity index (χ1) is 14.5. The molecule has 0 unspecified atom stereocenters. The number of hydrogen-bond acceptors (Lipinski definition) is 7. The number of hydrogen-bond donors (Lipinski definition) is 1. The summed E-state index contributed by atoms with van der Waals surface area (Å²) in [6.07, 6.45) is 0. The number of nitrogens with zero attached hydrogens (tertiary/aromatic N) is 1. The van der Waals surface area contributed by atoms with Crippen LogP contribution in [-0.2, 0) is 14.3 Å². The molecule has 0 aliphatic carbocycles. The molecule has 1 atom stereocenters. The molecule has 0 saturated heterocycles. The van der Waals surface area contributed by atoms with E-state index in [0.717, 1.165) is 0 Å². The van der Waals surface area contributed by atoms with Crippen LogP contribution in [0, 0.1) is 11.3 Å². The number of ether oxygens (including phenoxy) is 4. The molecule has 1 aliphatic heterocycles. The van der Waals surface area contributed by atoms with E-state index in [1.54, 1.807) is 37.3 Å². The van der Waals surface area contributed by atoms with Crippen molar-refractivity contribution in [1.82, 2.24) is 0 Å². The lowest BCUT2D eigenvalue weighted by Gasteiger charge is -2.28. The molecule has 30 heavy (non-hydrogen) atoms. The highest BCUT2D eigenvalue weighted by atomic mass is 16.5. The van der Waals surface area contributed by atoms with Crippen LogP contribution in [0.25, 0.3) is 5.76 Å². The predicted molar refractivity (Wildman–Crippen MR) is 110 cm³/mol. The van der Waals surface area contributed by atoms with Crippen molar-refractivity contribution < 1.29 is 23.7 Å². The molecule has 0 fully saturated rings. The number of carbonyl (C=O) groups excluding carboxylic acids is 1. The van der Waals surface area contributed by atoms with Gasteiger partial charge in [-0.15, -0.1) is 0 Å². The average molecular weight is 406 g/mol. The monoisotopic (exact) mass is 406 g/mol. The zero-order valence-corrected chi connectivity index (χ0v) is 17.0. The summed E-state index contributed by atoms with van der Waals surface area (Å²) in [5.74, 6) is -0.209. The van der Waals surface area contributed by atoms with Gasteiger partial charge in [-0.05, 0) is 24.6 Å². The number of esters is 1. The molecule has 0 aromatic heterocycles. The maximum absolute atomic E-state index is 13.0. The molecular weight excluding hydrogens is 384 g/mol. The highest BCUT2D eigenvalue weighted by Gasteiger charge is 2.38. The Morgan fingerprint density at radius 3 is 2.43 bits per heavy atom. The van der Waals surface area contributed by atoms with E-state index in [1.807, 2.05) is 18.2 Å². The first-order valence-corrected chi connectivity index (χ1v) is 9.31. The van der Waals surface area contributed by atoms with Gasteiger partial charge < -0.3 is 24.7 Å². The van der Waals surface area contributed by atoms with E-state index in [0.29, 0.717) is 22.6 Å². The molecular formula is C23H22N2O5. The van der Waals surface area contributed by atoms with Crippen LogP contribution in [-0.4, -0.2) is 26.8 Å². The van der Waals surface area contributed by atoms with Crippen LogP contribution in [0.1, 0.15) is 24.0 Å². The Morgan fingerprint density at radius 1 is 1.13 bits per heavy atom. The molecule has 7 nitrogen and oxygen atoms in total. The maximum atomic E-state index is 13.0. The third-order valence-corrected chi connectivity index (χ3v) is 4.69. The molecule has 2 N–H and O–H groups in total. The number of nitrogens with two attached hydrogens (primary N) is 1. The molecule has 154 valence electrons. The van der Waals surface area contributed by atoms with Crippen LogP contribution in [0.3, 0.4) is 0 Å². The second-order valence-corrected chi connectivity index (χ2v) is 6.37. The molecule has 0 amide bonds. The fourth-order valence-electron chi connectivity index (χ4n) is 3.35. The second-order valence-electron chi connectivity index (χ2n) is 6.37. The molecule has 1 heterocycles. The Hall–Kier alpha value is -3.92. The zero-order chi connectivity index (χ0) is 21.7. The van der Waals surface area contributed by atoms with E-state index >= 15 is 0 Å². The minimum absolute atomic E-state index is 0.0656. The van der Waals surface area contributed by atoms with E-state index in [1.165, 1.54) is 14.2 Å². The average Bonchev–Trinajstić information content (AvgIpc) is 2.78. The lowest BCUT2D eigenvalue weighted by atomic mass is 9.82. The SMILES string of the molecule is CCOC(=O)C1=C(c2ccccc2)OC(N)=C(C#N)[C@@H]1c1ccc(OC)c(OC)c1. The van der Waals surface area contributed by atoms with E-state index in [9.17, 15) is 10.1 Å². The van der Waals surface area contributed by atoms with Crippen LogP contribution in [0.4, 0.5) is 0 Å². The normalized spacial score (nSPS) is 15.9. The first kappa shape index (κ1) is 20.8. The Bertz CT molecular complexity index is 1050. The van der Waals surface area contributed by atoms with Crippen molar-refractivity contribution in [3.05, 3.63) is 76.7 Å². The molecule has 0 radical (unpaired) electrons. The second kappa shape index (κ2) is 9.05. The summed E-state index contributed by atoms with van der Waals surface area (Å²) in [4.78, 5) is 13.0. The van der Waals surface area contributed by atoms with Gasteiger partial charge in [-0.3, -0.25) is 0 Å². The van der Waals surface area contributed by atoms with Crippen LogP contribution < -0.4 is 15.2 Å². The van der Waals surface area contributed by atoms with Crippen LogP contribution in [0.5, 0.6) is 11.5 Å². The number of carbonyl (C=O) groups is 1. The molecule has 0 saturated carbocycles.